The fourth-order valence-corrected chi connectivity index (χ4v) is 2.11. The Balaban J connectivity index is 2.56. The van der Waals surface area contributed by atoms with Crippen molar-refractivity contribution in [2.24, 2.45) is 0 Å². The summed E-state index contributed by atoms with van der Waals surface area (Å²) in [6, 6.07) is 9.94. The number of benzene rings is 2. The van der Waals surface area contributed by atoms with Crippen molar-refractivity contribution >= 4 is 33.9 Å². The molecule has 0 aliphatic heterocycles. The smallest absolute Gasteiger partial charge is 0.280 e. The van der Waals surface area contributed by atoms with Crippen molar-refractivity contribution < 1.29 is 14.1 Å². The van der Waals surface area contributed by atoms with Crippen molar-refractivity contribution in [2.45, 2.75) is 0 Å². The Morgan fingerprint density at radius 1 is 1.11 bits per heavy atom. The Morgan fingerprint density at radius 3 is 2.61 bits per heavy atom. The van der Waals surface area contributed by atoms with Gasteiger partial charge in [-0.25, -0.2) is 0 Å². The van der Waals surface area contributed by atoms with E-state index in [1.54, 1.807) is 24.3 Å². The molecule has 0 N–H and O–H groups in total. The van der Waals surface area contributed by atoms with Crippen LogP contribution in [-0.2, 0) is 0 Å². The van der Waals surface area contributed by atoms with Crippen LogP contribution in [0.15, 0.2) is 40.8 Å². The summed E-state index contributed by atoms with van der Waals surface area (Å²) in [6.45, 7) is 0. The molecule has 88 valence electrons. The van der Waals surface area contributed by atoms with E-state index < -0.39 is 4.92 Å². The Hall–Kier alpha value is -2.69. The monoisotopic (exact) mass is 241 g/mol. The number of furan rings is 1. The minimum Gasteiger partial charge on any atom is -0.456 e. The van der Waals surface area contributed by atoms with E-state index >= 15 is 0 Å². The highest BCUT2D eigenvalue weighted by Gasteiger charge is 2.20. The number of rotatable bonds is 2. The maximum atomic E-state index is 11.1. The average Bonchev–Trinajstić information content (AvgIpc) is 2.75. The molecular formula is C13H7NO4. The zero-order chi connectivity index (χ0) is 12.7. The molecule has 0 spiro atoms. The largest absolute Gasteiger partial charge is 0.456 e. The second-order valence-electron chi connectivity index (χ2n) is 3.84. The van der Waals surface area contributed by atoms with E-state index in [2.05, 4.69) is 0 Å². The van der Waals surface area contributed by atoms with Crippen LogP contribution in [0.2, 0.25) is 0 Å². The number of hydrogen-bond donors (Lipinski definition) is 0. The first-order chi connectivity index (χ1) is 8.72. The fourth-order valence-electron chi connectivity index (χ4n) is 2.11. The number of nitro benzene ring substituents is 1. The molecule has 5 heteroatoms. The molecule has 0 unspecified atom stereocenters. The highest BCUT2D eigenvalue weighted by atomic mass is 16.6. The van der Waals surface area contributed by atoms with Crippen molar-refractivity contribution in [3.63, 3.8) is 0 Å². The molecule has 1 heterocycles. The van der Waals surface area contributed by atoms with Crippen LogP contribution in [0.5, 0.6) is 0 Å². The standard InChI is InChI=1S/C13H7NO4/c15-7-9-10(14(16)17)5-6-12-13(9)8-3-1-2-4-11(8)18-12/h1-7H. The summed E-state index contributed by atoms with van der Waals surface area (Å²) < 4.78 is 5.55. The van der Waals surface area contributed by atoms with Crippen LogP contribution in [0.4, 0.5) is 5.69 Å². The average molecular weight is 241 g/mol. The Labute approximate surface area is 101 Å². The Bertz CT molecular complexity index is 788. The van der Waals surface area contributed by atoms with Crippen LogP contribution in [0.25, 0.3) is 21.9 Å². The van der Waals surface area contributed by atoms with Gasteiger partial charge in [0.25, 0.3) is 5.69 Å². The van der Waals surface area contributed by atoms with Gasteiger partial charge in [0, 0.05) is 16.8 Å². The van der Waals surface area contributed by atoms with Gasteiger partial charge in [0.05, 0.1) is 4.92 Å². The second kappa shape index (κ2) is 3.66. The fraction of sp³-hybridized carbons (Fsp3) is 0. The molecule has 1 aromatic heterocycles. The number of para-hydroxylation sites is 1. The SMILES string of the molecule is O=Cc1c([N+](=O)[O-])ccc2oc3ccccc3c12. The second-order valence-corrected chi connectivity index (χ2v) is 3.84. The molecule has 3 aromatic rings. The molecule has 0 radical (unpaired) electrons. The lowest BCUT2D eigenvalue weighted by Crippen LogP contribution is -1.94. The van der Waals surface area contributed by atoms with Gasteiger partial charge in [-0.3, -0.25) is 14.9 Å². The molecule has 0 aliphatic rings. The molecule has 18 heavy (non-hydrogen) atoms. The zero-order valence-corrected chi connectivity index (χ0v) is 9.12. The first kappa shape index (κ1) is 10.5. The topological polar surface area (TPSA) is 73.3 Å². The number of nitro groups is 1. The van der Waals surface area contributed by atoms with E-state index in [9.17, 15) is 14.9 Å². The van der Waals surface area contributed by atoms with Crippen molar-refractivity contribution in [1.82, 2.24) is 0 Å². The maximum absolute atomic E-state index is 11.1. The van der Waals surface area contributed by atoms with Crippen molar-refractivity contribution in [3.05, 3.63) is 52.1 Å². The molecule has 0 bridgehead atoms. The molecule has 2 aromatic carbocycles. The van der Waals surface area contributed by atoms with Gasteiger partial charge >= 0.3 is 0 Å². The summed E-state index contributed by atoms with van der Waals surface area (Å²) in [6.07, 6.45) is 0.502. The first-order valence-corrected chi connectivity index (χ1v) is 5.26. The van der Waals surface area contributed by atoms with E-state index in [0.717, 1.165) is 0 Å². The summed E-state index contributed by atoms with van der Waals surface area (Å²) in [5, 5.41) is 12.1. The summed E-state index contributed by atoms with van der Waals surface area (Å²) in [5.41, 5.74) is 0.937. The number of aldehydes is 1. The zero-order valence-electron chi connectivity index (χ0n) is 9.12. The van der Waals surface area contributed by atoms with Crippen LogP contribution in [0.1, 0.15) is 10.4 Å². The molecule has 0 saturated heterocycles. The van der Waals surface area contributed by atoms with Crippen molar-refractivity contribution in [1.29, 1.82) is 0 Å². The Kier molecular flexibility index (Phi) is 2.13. The van der Waals surface area contributed by atoms with Crippen LogP contribution >= 0.6 is 0 Å². The third-order valence-electron chi connectivity index (χ3n) is 2.88. The number of fused-ring (bicyclic) bond motifs is 3. The lowest BCUT2D eigenvalue weighted by atomic mass is 10.1. The van der Waals surface area contributed by atoms with Gasteiger partial charge in [-0.05, 0) is 12.1 Å². The maximum Gasteiger partial charge on any atom is 0.280 e. The number of carbonyl (C=O) groups excluding carboxylic acids is 1. The third kappa shape index (κ3) is 1.31. The van der Waals surface area contributed by atoms with Crippen LogP contribution in [0.3, 0.4) is 0 Å². The Morgan fingerprint density at radius 2 is 1.89 bits per heavy atom. The highest BCUT2D eigenvalue weighted by Crippen LogP contribution is 2.34. The van der Waals surface area contributed by atoms with Gasteiger partial charge in [-0.2, -0.15) is 0 Å². The molecule has 0 atom stereocenters. The summed E-state index contributed by atoms with van der Waals surface area (Å²) in [4.78, 5) is 21.5. The lowest BCUT2D eigenvalue weighted by molar-refractivity contribution is -0.384. The lowest BCUT2D eigenvalue weighted by Gasteiger charge is -1.97. The van der Waals surface area contributed by atoms with Gasteiger partial charge < -0.3 is 4.42 Å². The van der Waals surface area contributed by atoms with Gasteiger partial charge in [-0.1, -0.05) is 18.2 Å². The van der Waals surface area contributed by atoms with Gasteiger partial charge in [0.1, 0.15) is 16.7 Å². The normalized spacial score (nSPS) is 10.9. The molecule has 0 fully saturated rings. The van der Waals surface area contributed by atoms with E-state index in [1.807, 2.05) is 0 Å². The summed E-state index contributed by atoms with van der Waals surface area (Å²) in [5.74, 6) is 0. The minimum atomic E-state index is -0.565. The van der Waals surface area contributed by atoms with Crippen LogP contribution in [-0.4, -0.2) is 11.2 Å². The predicted octanol–water partition coefficient (Wildman–Crippen LogP) is 3.31. The highest BCUT2D eigenvalue weighted by molar-refractivity contribution is 6.14. The predicted molar refractivity (Wildman–Crippen MR) is 65.8 cm³/mol. The quantitative estimate of drug-likeness (QED) is 0.392. The van der Waals surface area contributed by atoms with E-state index in [4.69, 9.17) is 4.42 Å². The van der Waals surface area contributed by atoms with E-state index in [1.165, 1.54) is 12.1 Å². The van der Waals surface area contributed by atoms with Crippen molar-refractivity contribution in [3.8, 4) is 0 Å². The number of carbonyl (C=O) groups is 1. The third-order valence-corrected chi connectivity index (χ3v) is 2.88. The summed E-state index contributed by atoms with van der Waals surface area (Å²) >= 11 is 0. The van der Waals surface area contributed by atoms with E-state index in [-0.39, 0.29) is 11.3 Å². The number of nitrogens with zero attached hydrogens (tertiary/aromatic N) is 1. The molecular weight excluding hydrogens is 234 g/mol. The minimum absolute atomic E-state index is 0.0578. The van der Waals surface area contributed by atoms with Crippen molar-refractivity contribution in [2.75, 3.05) is 0 Å². The summed E-state index contributed by atoms with van der Waals surface area (Å²) in [7, 11) is 0. The molecule has 5 nitrogen and oxygen atoms in total. The number of hydrogen-bond acceptors (Lipinski definition) is 4. The van der Waals surface area contributed by atoms with Gasteiger partial charge in [0.2, 0.25) is 0 Å². The first-order valence-electron chi connectivity index (χ1n) is 5.26. The van der Waals surface area contributed by atoms with Gasteiger partial charge in [-0.15, -0.1) is 0 Å². The van der Waals surface area contributed by atoms with Crippen LogP contribution in [0, 0.1) is 10.1 Å². The van der Waals surface area contributed by atoms with Gasteiger partial charge in [0.15, 0.2) is 6.29 Å². The molecule has 3 rings (SSSR count). The molecule has 0 saturated carbocycles. The van der Waals surface area contributed by atoms with E-state index in [0.29, 0.717) is 28.2 Å². The van der Waals surface area contributed by atoms with Crippen LogP contribution < -0.4 is 0 Å². The molecule has 0 amide bonds. The molecule has 0 aliphatic carbocycles.